The minimum absolute atomic E-state index is 0.0426. The van der Waals surface area contributed by atoms with Crippen molar-refractivity contribution in [3.05, 3.63) is 70.5 Å². The number of unbranched alkanes of at least 4 members (excludes halogenated alkanes) is 1. The zero-order valence-corrected chi connectivity index (χ0v) is 21.2. The molecule has 1 fully saturated rings. The maximum Gasteiger partial charge on any atom is 0.296 e. The van der Waals surface area contributed by atoms with Crippen LogP contribution in [0.1, 0.15) is 42.9 Å². The van der Waals surface area contributed by atoms with E-state index in [4.69, 9.17) is 0 Å². The molecule has 2 heterocycles. The monoisotopic (exact) mass is 493 g/mol. The normalized spacial score (nSPS) is 20.8. The summed E-state index contributed by atoms with van der Waals surface area (Å²) in [5, 5.41) is 11.4. The van der Waals surface area contributed by atoms with E-state index in [9.17, 15) is 23.9 Å². The molecule has 1 saturated heterocycles. The maximum absolute atomic E-state index is 14.4. The van der Waals surface area contributed by atoms with Gasteiger partial charge >= 0.3 is 0 Å². The van der Waals surface area contributed by atoms with Crippen LogP contribution in [0.2, 0.25) is 0 Å². The quantitative estimate of drug-likeness (QED) is 0.344. The van der Waals surface area contributed by atoms with Gasteiger partial charge in [-0.1, -0.05) is 43.7 Å². The van der Waals surface area contributed by atoms with Gasteiger partial charge in [-0.3, -0.25) is 14.4 Å². The highest BCUT2D eigenvalue weighted by molar-refractivity contribution is 6.50. The Bertz CT molecular complexity index is 1260. The molecule has 2 aliphatic rings. The van der Waals surface area contributed by atoms with Crippen LogP contribution in [0.4, 0.5) is 10.1 Å². The number of aryl methyl sites for hydroxylation is 1. The fourth-order valence-electron chi connectivity index (χ4n) is 5.13. The van der Waals surface area contributed by atoms with Crippen molar-refractivity contribution in [2.75, 3.05) is 38.6 Å². The highest BCUT2D eigenvalue weighted by Crippen LogP contribution is 2.53. The molecule has 0 aliphatic carbocycles. The van der Waals surface area contributed by atoms with Gasteiger partial charge in [-0.15, -0.1) is 0 Å². The zero-order chi connectivity index (χ0) is 26.2. The molecule has 190 valence electrons. The minimum Gasteiger partial charge on any atom is -0.507 e. The van der Waals surface area contributed by atoms with Crippen LogP contribution in [0, 0.1) is 12.7 Å². The molecule has 4 rings (SSSR count). The van der Waals surface area contributed by atoms with Gasteiger partial charge in [-0.25, -0.2) is 4.39 Å². The van der Waals surface area contributed by atoms with E-state index < -0.39 is 34.7 Å². The van der Waals surface area contributed by atoms with Crippen molar-refractivity contribution in [3.63, 3.8) is 0 Å². The lowest BCUT2D eigenvalue weighted by molar-refractivity contribution is -0.143. The van der Waals surface area contributed by atoms with Crippen LogP contribution >= 0.6 is 0 Å². The average molecular weight is 494 g/mol. The lowest BCUT2D eigenvalue weighted by atomic mass is 9.81. The number of anilines is 1. The molecule has 8 heteroatoms. The second-order valence-electron chi connectivity index (χ2n) is 9.67. The van der Waals surface area contributed by atoms with Gasteiger partial charge in [0.1, 0.15) is 11.6 Å². The van der Waals surface area contributed by atoms with Gasteiger partial charge in [0.05, 0.1) is 11.3 Å². The topological polar surface area (TPSA) is 81.2 Å². The van der Waals surface area contributed by atoms with Crippen LogP contribution in [0.25, 0.3) is 5.76 Å². The first kappa shape index (κ1) is 25.6. The highest BCUT2D eigenvalue weighted by Gasteiger charge is 2.66. The lowest BCUT2D eigenvalue weighted by Crippen LogP contribution is -2.52. The van der Waals surface area contributed by atoms with Gasteiger partial charge in [-0.05, 0) is 58.1 Å². The van der Waals surface area contributed by atoms with E-state index in [1.165, 1.54) is 17.0 Å². The largest absolute Gasteiger partial charge is 0.507 e. The number of para-hydroxylation sites is 1. The summed E-state index contributed by atoms with van der Waals surface area (Å²) in [6.45, 7) is 4.79. The Kier molecular flexibility index (Phi) is 7.00. The highest BCUT2D eigenvalue weighted by atomic mass is 19.1. The molecule has 1 N–H and O–H groups in total. The van der Waals surface area contributed by atoms with Gasteiger partial charge in [0.25, 0.3) is 17.6 Å². The molecule has 0 bridgehead atoms. The number of benzene rings is 2. The van der Waals surface area contributed by atoms with Crippen molar-refractivity contribution in [3.8, 4) is 0 Å². The molecular weight excluding hydrogens is 461 g/mol. The maximum atomic E-state index is 14.4. The summed E-state index contributed by atoms with van der Waals surface area (Å²) >= 11 is 0. The molecule has 2 aromatic carbocycles. The molecule has 1 spiro atoms. The second kappa shape index (κ2) is 9.85. The SMILES string of the molecule is CCCCN1C(=O)C2(C(=C(O)c3ccc(C)c(F)c3)C(=O)C(=O)N2CCCN(C)C)c2ccccc21. The summed E-state index contributed by atoms with van der Waals surface area (Å²) < 4.78 is 14.4. The van der Waals surface area contributed by atoms with Gasteiger partial charge in [0, 0.05) is 24.2 Å². The number of carbonyl (C=O) groups is 3. The smallest absolute Gasteiger partial charge is 0.296 e. The number of fused-ring (bicyclic) bond motifs is 2. The van der Waals surface area contributed by atoms with Crippen LogP contribution in [-0.2, 0) is 19.9 Å². The first-order valence-electron chi connectivity index (χ1n) is 12.3. The van der Waals surface area contributed by atoms with Crippen molar-refractivity contribution in [2.24, 2.45) is 0 Å². The molecule has 0 saturated carbocycles. The number of Topliss-reactive ketones (excluding diaryl/α,β-unsaturated/α-hetero) is 1. The number of likely N-dealkylation sites (tertiary alicyclic amines) is 1. The molecule has 2 aliphatic heterocycles. The van der Waals surface area contributed by atoms with E-state index >= 15 is 0 Å². The number of halogens is 1. The summed E-state index contributed by atoms with van der Waals surface area (Å²) in [5.41, 5.74) is -0.617. The Morgan fingerprint density at radius 1 is 1.06 bits per heavy atom. The fourth-order valence-corrected chi connectivity index (χ4v) is 5.13. The number of amides is 2. The Labute approximate surface area is 210 Å². The van der Waals surface area contributed by atoms with Crippen LogP contribution in [0.15, 0.2) is 48.0 Å². The van der Waals surface area contributed by atoms with Crippen LogP contribution in [0.3, 0.4) is 0 Å². The third kappa shape index (κ3) is 3.89. The molecule has 2 amide bonds. The van der Waals surface area contributed by atoms with E-state index in [-0.39, 0.29) is 17.7 Å². The predicted molar refractivity (Wildman–Crippen MR) is 136 cm³/mol. The molecule has 0 aromatic heterocycles. The molecule has 7 nitrogen and oxygen atoms in total. The van der Waals surface area contributed by atoms with E-state index in [0.717, 1.165) is 18.9 Å². The number of rotatable bonds is 8. The zero-order valence-electron chi connectivity index (χ0n) is 21.2. The van der Waals surface area contributed by atoms with Crippen molar-refractivity contribution in [1.29, 1.82) is 0 Å². The number of aliphatic hydroxyl groups is 1. The van der Waals surface area contributed by atoms with Crippen molar-refractivity contribution in [2.45, 2.75) is 38.6 Å². The van der Waals surface area contributed by atoms with Crippen molar-refractivity contribution >= 4 is 29.0 Å². The summed E-state index contributed by atoms with van der Waals surface area (Å²) in [7, 11) is 3.80. The molecular formula is C28H32FN3O4. The van der Waals surface area contributed by atoms with Gasteiger partial charge in [0.15, 0.2) is 5.54 Å². The van der Waals surface area contributed by atoms with Crippen molar-refractivity contribution in [1.82, 2.24) is 9.80 Å². The van der Waals surface area contributed by atoms with Gasteiger partial charge < -0.3 is 19.8 Å². The number of carbonyl (C=O) groups excluding carboxylic acids is 3. The Morgan fingerprint density at radius 3 is 2.44 bits per heavy atom. The van der Waals surface area contributed by atoms with E-state index in [1.807, 2.05) is 25.9 Å². The molecule has 2 aromatic rings. The van der Waals surface area contributed by atoms with Crippen LogP contribution < -0.4 is 4.90 Å². The number of hydrogen-bond acceptors (Lipinski definition) is 5. The predicted octanol–water partition coefficient (Wildman–Crippen LogP) is 3.81. The van der Waals surface area contributed by atoms with Gasteiger partial charge in [-0.2, -0.15) is 0 Å². The van der Waals surface area contributed by atoms with Gasteiger partial charge in [0.2, 0.25) is 0 Å². The molecule has 1 atom stereocenters. The number of nitrogens with zero attached hydrogens (tertiary/aromatic N) is 3. The van der Waals surface area contributed by atoms with Crippen molar-refractivity contribution < 1.29 is 23.9 Å². The first-order valence-corrected chi connectivity index (χ1v) is 12.3. The standard InChI is InChI=1S/C28H32FN3O4/c1-5-6-15-31-22-11-8-7-10-20(22)28(27(31)36)23(24(33)19-13-12-18(2)21(29)17-19)25(34)26(35)32(28)16-9-14-30(3)4/h7-8,10-13,17,33H,5-6,9,14-16H2,1-4H3. The summed E-state index contributed by atoms with van der Waals surface area (Å²) in [6.07, 6.45) is 2.10. The molecule has 0 radical (unpaired) electrons. The number of hydrogen-bond donors (Lipinski definition) is 1. The van der Waals surface area contributed by atoms with E-state index in [0.29, 0.717) is 36.3 Å². The Morgan fingerprint density at radius 2 is 1.78 bits per heavy atom. The average Bonchev–Trinajstić information content (AvgIpc) is 3.22. The first-order chi connectivity index (χ1) is 17.2. The summed E-state index contributed by atoms with van der Waals surface area (Å²) in [4.78, 5) is 46.2. The molecule has 36 heavy (non-hydrogen) atoms. The Balaban J connectivity index is 1.99. The summed E-state index contributed by atoms with van der Waals surface area (Å²) in [6, 6.07) is 11.2. The van der Waals surface area contributed by atoms with E-state index in [1.54, 1.807) is 36.1 Å². The van der Waals surface area contributed by atoms with Crippen LogP contribution in [-0.4, -0.2) is 66.2 Å². The number of ketones is 1. The van der Waals surface area contributed by atoms with Crippen LogP contribution in [0.5, 0.6) is 0 Å². The van der Waals surface area contributed by atoms with E-state index in [2.05, 4.69) is 0 Å². The fraction of sp³-hybridized carbons (Fsp3) is 0.393. The third-order valence-corrected chi connectivity index (χ3v) is 6.98. The third-order valence-electron chi connectivity index (χ3n) is 6.98. The minimum atomic E-state index is -1.81. The lowest BCUT2D eigenvalue weighted by Gasteiger charge is -2.34. The number of aliphatic hydroxyl groups excluding tert-OH is 1. The molecule has 1 unspecified atom stereocenters. The summed E-state index contributed by atoms with van der Waals surface area (Å²) in [5.74, 6) is -3.35. The second-order valence-corrected chi connectivity index (χ2v) is 9.67. The Hall–Kier alpha value is -3.52.